The molecule has 1 aliphatic heterocycles. The van der Waals surface area contributed by atoms with Crippen LogP contribution in [0.4, 0.5) is 0 Å². The van der Waals surface area contributed by atoms with Gasteiger partial charge < -0.3 is 20.6 Å². The first-order valence-corrected chi connectivity index (χ1v) is 6.70. The Labute approximate surface area is 110 Å². The Morgan fingerprint density at radius 2 is 2.22 bits per heavy atom. The number of carbonyl (C=O) groups is 1. The zero-order chi connectivity index (χ0) is 13.8. The van der Waals surface area contributed by atoms with E-state index in [-0.39, 0.29) is 18.5 Å². The van der Waals surface area contributed by atoms with Crippen LogP contribution in [0, 0.1) is 5.92 Å². The predicted molar refractivity (Wildman–Crippen MR) is 72.4 cm³/mol. The number of nitrogens with zero attached hydrogens (tertiary/aromatic N) is 1. The zero-order valence-electron chi connectivity index (χ0n) is 12.0. The second kappa shape index (κ2) is 6.50. The van der Waals surface area contributed by atoms with E-state index >= 15 is 0 Å². The van der Waals surface area contributed by atoms with Crippen molar-refractivity contribution in [1.29, 1.82) is 0 Å². The molecule has 0 saturated carbocycles. The Morgan fingerprint density at radius 3 is 2.78 bits per heavy atom. The van der Waals surface area contributed by atoms with Crippen LogP contribution in [0.15, 0.2) is 0 Å². The van der Waals surface area contributed by atoms with Crippen molar-refractivity contribution >= 4 is 5.91 Å². The molecule has 1 fully saturated rings. The molecule has 3 atom stereocenters. The summed E-state index contributed by atoms with van der Waals surface area (Å²) in [6.45, 7) is 5.55. The lowest BCUT2D eigenvalue weighted by molar-refractivity contribution is -0.126. The molecule has 1 amide bonds. The highest BCUT2D eigenvalue weighted by Crippen LogP contribution is 2.15. The summed E-state index contributed by atoms with van der Waals surface area (Å²) in [5, 5.41) is 16.2. The van der Waals surface area contributed by atoms with Crippen molar-refractivity contribution < 1.29 is 9.90 Å². The van der Waals surface area contributed by atoms with E-state index in [1.807, 2.05) is 19.0 Å². The van der Waals surface area contributed by atoms with Gasteiger partial charge in [0.2, 0.25) is 5.91 Å². The molecule has 106 valence electrons. The van der Waals surface area contributed by atoms with E-state index in [1.54, 1.807) is 6.92 Å². The van der Waals surface area contributed by atoms with Gasteiger partial charge in [-0.15, -0.1) is 0 Å². The molecule has 0 aromatic heterocycles. The van der Waals surface area contributed by atoms with Gasteiger partial charge in [0, 0.05) is 13.1 Å². The molecule has 0 aromatic carbocycles. The van der Waals surface area contributed by atoms with E-state index in [1.165, 1.54) is 0 Å². The summed E-state index contributed by atoms with van der Waals surface area (Å²) in [6.07, 6.45) is 2.21. The standard InChI is InChI=1S/C13H27N3O2/c1-10-6-5-7-14-11(10)12(17)15-8-13(2,18)9-16(3)4/h10-11,14,18H,5-9H2,1-4H3,(H,15,17). The average molecular weight is 257 g/mol. The quantitative estimate of drug-likeness (QED) is 0.638. The van der Waals surface area contributed by atoms with Gasteiger partial charge in [0.1, 0.15) is 0 Å². The Hall–Kier alpha value is -0.650. The van der Waals surface area contributed by atoms with Crippen molar-refractivity contribution in [3.8, 4) is 0 Å². The van der Waals surface area contributed by atoms with Crippen molar-refractivity contribution in [2.75, 3.05) is 33.7 Å². The van der Waals surface area contributed by atoms with E-state index < -0.39 is 5.60 Å². The molecule has 0 aliphatic carbocycles. The molecule has 0 radical (unpaired) electrons. The van der Waals surface area contributed by atoms with Crippen LogP contribution in [-0.2, 0) is 4.79 Å². The molecule has 1 heterocycles. The summed E-state index contributed by atoms with van der Waals surface area (Å²) in [4.78, 5) is 14.0. The first kappa shape index (κ1) is 15.4. The highest BCUT2D eigenvalue weighted by atomic mass is 16.3. The van der Waals surface area contributed by atoms with Gasteiger partial charge in [0.15, 0.2) is 0 Å². The third-order valence-electron chi connectivity index (χ3n) is 3.35. The molecule has 18 heavy (non-hydrogen) atoms. The second-order valence-electron chi connectivity index (χ2n) is 6.00. The van der Waals surface area contributed by atoms with Crippen LogP contribution >= 0.6 is 0 Å². The third kappa shape index (κ3) is 4.92. The minimum Gasteiger partial charge on any atom is -0.387 e. The van der Waals surface area contributed by atoms with Gasteiger partial charge in [-0.3, -0.25) is 4.79 Å². The van der Waals surface area contributed by atoms with E-state index in [4.69, 9.17) is 0 Å². The zero-order valence-corrected chi connectivity index (χ0v) is 12.0. The van der Waals surface area contributed by atoms with Gasteiger partial charge in [0.05, 0.1) is 11.6 Å². The number of amides is 1. The van der Waals surface area contributed by atoms with Crippen molar-refractivity contribution in [2.24, 2.45) is 5.92 Å². The topological polar surface area (TPSA) is 64.6 Å². The summed E-state index contributed by atoms with van der Waals surface area (Å²) in [5.41, 5.74) is -0.892. The molecule has 1 rings (SSSR count). The molecule has 0 bridgehead atoms. The monoisotopic (exact) mass is 257 g/mol. The van der Waals surface area contributed by atoms with Crippen LogP contribution in [0.5, 0.6) is 0 Å². The van der Waals surface area contributed by atoms with Crippen LogP contribution < -0.4 is 10.6 Å². The lowest BCUT2D eigenvalue weighted by Gasteiger charge is -2.31. The third-order valence-corrected chi connectivity index (χ3v) is 3.35. The molecule has 3 N–H and O–H groups in total. The minimum atomic E-state index is -0.892. The average Bonchev–Trinajstić information content (AvgIpc) is 2.25. The minimum absolute atomic E-state index is 0.00114. The highest BCUT2D eigenvalue weighted by Gasteiger charge is 2.29. The summed E-state index contributed by atoms with van der Waals surface area (Å²) < 4.78 is 0. The summed E-state index contributed by atoms with van der Waals surface area (Å²) in [6, 6.07) is -0.117. The molecular formula is C13H27N3O2. The summed E-state index contributed by atoms with van der Waals surface area (Å²) in [7, 11) is 3.81. The molecule has 3 unspecified atom stereocenters. The molecule has 5 nitrogen and oxygen atoms in total. The smallest absolute Gasteiger partial charge is 0.237 e. The van der Waals surface area contributed by atoms with Gasteiger partial charge >= 0.3 is 0 Å². The number of aliphatic hydroxyl groups is 1. The fourth-order valence-corrected chi connectivity index (χ4v) is 2.53. The molecule has 0 spiro atoms. The van der Waals surface area contributed by atoms with Gasteiger partial charge in [-0.2, -0.15) is 0 Å². The van der Waals surface area contributed by atoms with Crippen LogP contribution in [0.25, 0.3) is 0 Å². The molecular weight excluding hydrogens is 230 g/mol. The first-order chi connectivity index (χ1) is 8.32. The van der Waals surface area contributed by atoms with Gasteiger partial charge in [-0.1, -0.05) is 6.92 Å². The van der Waals surface area contributed by atoms with E-state index in [0.717, 1.165) is 19.4 Å². The number of rotatable bonds is 5. The molecule has 1 aliphatic rings. The highest BCUT2D eigenvalue weighted by molar-refractivity contribution is 5.82. The van der Waals surface area contributed by atoms with Crippen LogP contribution in [0.1, 0.15) is 26.7 Å². The maximum absolute atomic E-state index is 12.0. The van der Waals surface area contributed by atoms with Crippen molar-refractivity contribution in [3.05, 3.63) is 0 Å². The van der Waals surface area contributed by atoms with Crippen LogP contribution in [-0.4, -0.2) is 61.3 Å². The van der Waals surface area contributed by atoms with Crippen LogP contribution in [0.2, 0.25) is 0 Å². The van der Waals surface area contributed by atoms with E-state index in [0.29, 0.717) is 12.5 Å². The Bertz CT molecular complexity index is 279. The van der Waals surface area contributed by atoms with Crippen molar-refractivity contribution in [2.45, 2.75) is 38.3 Å². The molecule has 0 aromatic rings. The maximum atomic E-state index is 12.0. The molecule has 5 heteroatoms. The fourth-order valence-electron chi connectivity index (χ4n) is 2.53. The lowest BCUT2D eigenvalue weighted by atomic mass is 9.92. The fraction of sp³-hybridized carbons (Fsp3) is 0.923. The number of piperidine rings is 1. The number of hydrogen-bond acceptors (Lipinski definition) is 4. The number of hydrogen-bond donors (Lipinski definition) is 3. The second-order valence-corrected chi connectivity index (χ2v) is 6.00. The largest absolute Gasteiger partial charge is 0.387 e. The number of nitrogens with one attached hydrogen (secondary N) is 2. The van der Waals surface area contributed by atoms with Gasteiger partial charge in [-0.25, -0.2) is 0 Å². The SMILES string of the molecule is CC1CCCNC1C(=O)NCC(C)(O)CN(C)C. The Kier molecular flexibility index (Phi) is 5.56. The van der Waals surface area contributed by atoms with E-state index in [9.17, 15) is 9.90 Å². The Morgan fingerprint density at radius 1 is 1.56 bits per heavy atom. The molecule has 1 saturated heterocycles. The number of carbonyl (C=O) groups excluding carboxylic acids is 1. The summed E-state index contributed by atoms with van der Waals surface area (Å²) >= 11 is 0. The summed E-state index contributed by atoms with van der Waals surface area (Å²) in [5.74, 6) is 0.360. The van der Waals surface area contributed by atoms with E-state index in [2.05, 4.69) is 17.6 Å². The van der Waals surface area contributed by atoms with Gasteiger partial charge in [-0.05, 0) is 46.3 Å². The maximum Gasteiger partial charge on any atom is 0.237 e. The Balaban J connectivity index is 2.40. The van der Waals surface area contributed by atoms with Crippen molar-refractivity contribution in [1.82, 2.24) is 15.5 Å². The van der Waals surface area contributed by atoms with Crippen molar-refractivity contribution in [3.63, 3.8) is 0 Å². The predicted octanol–water partition coefficient (Wildman–Crippen LogP) is -0.197. The van der Waals surface area contributed by atoms with Crippen LogP contribution in [0.3, 0.4) is 0 Å². The normalized spacial score (nSPS) is 27.9. The van der Waals surface area contributed by atoms with Gasteiger partial charge in [0.25, 0.3) is 0 Å². The number of likely N-dealkylation sites (N-methyl/N-ethyl adjacent to an activating group) is 1. The first-order valence-electron chi connectivity index (χ1n) is 6.70. The lowest BCUT2D eigenvalue weighted by Crippen LogP contribution is -2.54.